The number of carbonyl (C=O) groups excluding carboxylic acids is 3. The molecule has 3 rings (SSSR count). The van der Waals surface area contributed by atoms with Crippen LogP contribution in [0.4, 0.5) is 0 Å². The number of rotatable bonds is 13. The fourth-order valence-corrected chi connectivity index (χ4v) is 5.43. The van der Waals surface area contributed by atoms with E-state index in [-0.39, 0.29) is 35.6 Å². The van der Waals surface area contributed by atoms with E-state index in [4.69, 9.17) is 9.29 Å². The molecule has 1 aliphatic heterocycles. The summed E-state index contributed by atoms with van der Waals surface area (Å²) in [6.07, 6.45) is 4.42. The molecule has 0 spiro atoms. The number of carbonyl (C=O) groups is 3. The summed E-state index contributed by atoms with van der Waals surface area (Å²) in [4.78, 5) is 41.3. The smallest absolute Gasteiger partial charge is 0.294 e. The van der Waals surface area contributed by atoms with Crippen molar-refractivity contribution in [2.24, 2.45) is 23.7 Å². The van der Waals surface area contributed by atoms with Gasteiger partial charge in [0.15, 0.2) is 0 Å². The fraction of sp³-hybridized carbons (Fsp3) is 0.500. The molecule has 2 atom stereocenters. The Morgan fingerprint density at radius 2 is 1.55 bits per heavy atom. The first-order chi connectivity index (χ1) is 22.2. The summed E-state index contributed by atoms with van der Waals surface area (Å²) in [5, 5.41) is 10.8. The van der Waals surface area contributed by atoms with Crippen LogP contribution in [0.1, 0.15) is 51.7 Å². The number of morpholine rings is 1. The van der Waals surface area contributed by atoms with Gasteiger partial charge in [-0.3, -0.25) is 39.5 Å². The lowest BCUT2D eigenvalue weighted by molar-refractivity contribution is -0.148. The zero-order valence-electron chi connectivity index (χ0n) is 28.0. The average Bonchev–Trinajstić information content (AvgIpc) is 3.02. The van der Waals surface area contributed by atoms with Crippen LogP contribution in [0.5, 0.6) is 0 Å². The molecule has 12 nitrogen and oxygen atoms in total. The summed E-state index contributed by atoms with van der Waals surface area (Å²) < 4.78 is 34.9. The number of nitrogens with zero attached hydrogens (tertiary/aromatic N) is 2. The van der Waals surface area contributed by atoms with Gasteiger partial charge in [0.25, 0.3) is 16.0 Å². The van der Waals surface area contributed by atoms with Crippen LogP contribution in [-0.4, -0.2) is 85.2 Å². The predicted octanol–water partition coefficient (Wildman–Crippen LogP) is 3.96. The molecular weight excluding hydrogens is 624 g/mol. The fourth-order valence-electron chi connectivity index (χ4n) is 4.95. The maximum Gasteiger partial charge on any atom is 0.294 e. The minimum Gasteiger partial charge on any atom is -0.379 e. The van der Waals surface area contributed by atoms with E-state index in [1.165, 1.54) is 17.1 Å². The maximum atomic E-state index is 13.5. The van der Waals surface area contributed by atoms with Crippen LogP contribution >= 0.6 is 0 Å². The van der Waals surface area contributed by atoms with Crippen molar-refractivity contribution in [3.8, 4) is 0 Å². The highest BCUT2D eigenvalue weighted by atomic mass is 32.2. The molecule has 0 radical (unpaired) electrons. The Morgan fingerprint density at radius 1 is 0.936 bits per heavy atom. The Hall–Kier alpha value is -3.62. The quantitative estimate of drug-likeness (QED) is 0.140. The second-order valence-corrected chi connectivity index (χ2v) is 13.8. The van der Waals surface area contributed by atoms with Gasteiger partial charge in [0.1, 0.15) is 0 Å². The van der Waals surface area contributed by atoms with Gasteiger partial charge in [-0.2, -0.15) is 8.42 Å². The Morgan fingerprint density at radius 3 is 2.09 bits per heavy atom. The highest BCUT2D eigenvalue weighted by molar-refractivity contribution is 7.85. The van der Waals surface area contributed by atoms with E-state index >= 15 is 0 Å². The van der Waals surface area contributed by atoms with Crippen molar-refractivity contribution in [1.29, 1.82) is 0 Å². The first-order valence-corrected chi connectivity index (χ1v) is 17.3. The molecule has 0 aliphatic carbocycles. The van der Waals surface area contributed by atoms with E-state index < -0.39 is 33.8 Å². The van der Waals surface area contributed by atoms with Gasteiger partial charge in [0.05, 0.1) is 36.5 Å². The zero-order chi connectivity index (χ0) is 35.0. The summed E-state index contributed by atoms with van der Waals surface area (Å²) in [5.74, 6) is -2.50. The minimum atomic E-state index is -4.02. The third kappa shape index (κ3) is 14.8. The standard InChI is InChI=1S/C27H42N4O5.C7H8O3S/c1-20(2)17-24(23(27(34)29-35)12-8-11-22-9-6-5-7-10-22)26(33)28-31(18-21(3)4)25(32)19-30-13-15-36-16-14-30;1-6-2-4-7(5-3-6)11(8,9)10/h5-11,20-21,23-24,35H,12-19H2,1-4H3,(H,28,33)(H,29,34);2-5H,1H3,(H,8,9,10)/b11-8+;/t23-,24+;/m0./s1. The Kier molecular flexibility index (Phi) is 16.8. The lowest BCUT2D eigenvalue weighted by atomic mass is 9.82. The summed E-state index contributed by atoms with van der Waals surface area (Å²) in [6.45, 7) is 12.8. The Labute approximate surface area is 278 Å². The van der Waals surface area contributed by atoms with Gasteiger partial charge in [-0.15, -0.1) is 0 Å². The van der Waals surface area contributed by atoms with E-state index in [1.807, 2.05) is 82.0 Å². The molecule has 0 aromatic heterocycles. The third-order valence-corrected chi connectivity index (χ3v) is 8.24. The lowest BCUT2D eigenvalue weighted by Crippen LogP contribution is -2.55. The van der Waals surface area contributed by atoms with E-state index in [9.17, 15) is 28.0 Å². The number of hydrogen-bond donors (Lipinski definition) is 4. The molecule has 260 valence electrons. The van der Waals surface area contributed by atoms with Crippen LogP contribution in [0.25, 0.3) is 6.08 Å². The van der Waals surface area contributed by atoms with Crippen molar-refractivity contribution in [2.45, 2.75) is 52.4 Å². The van der Waals surface area contributed by atoms with Crippen LogP contribution < -0.4 is 10.9 Å². The largest absolute Gasteiger partial charge is 0.379 e. The van der Waals surface area contributed by atoms with Crippen molar-refractivity contribution >= 4 is 33.9 Å². The van der Waals surface area contributed by atoms with Gasteiger partial charge in [-0.25, -0.2) is 5.48 Å². The monoisotopic (exact) mass is 674 g/mol. The second kappa shape index (κ2) is 19.9. The van der Waals surface area contributed by atoms with Crippen molar-refractivity contribution in [3.05, 3.63) is 71.8 Å². The number of ether oxygens (including phenoxy) is 1. The van der Waals surface area contributed by atoms with Gasteiger partial charge < -0.3 is 4.74 Å². The molecule has 13 heteroatoms. The molecule has 0 bridgehead atoms. The molecular formula is C34H50N4O8S. The summed E-state index contributed by atoms with van der Waals surface area (Å²) >= 11 is 0. The number of aryl methyl sites for hydroxylation is 1. The van der Waals surface area contributed by atoms with Crippen molar-refractivity contribution < 1.29 is 37.3 Å². The molecule has 1 aliphatic rings. The van der Waals surface area contributed by atoms with Gasteiger partial charge in [-0.1, -0.05) is 87.9 Å². The summed E-state index contributed by atoms with van der Waals surface area (Å²) in [5.41, 5.74) is 6.48. The number of hydrazine groups is 1. The molecule has 2 aromatic rings. The highest BCUT2D eigenvalue weighted by Crippen LogP contribution is 2.26. The third-order valence-electron chi connectivity index (χ3n) is 7.37. The predicted molar refractivity (Wildman–Crippen MR) is 179 cm³/mol. The Bertz CT molecular complexity index is 1390. The van der Waals surface area contributed by atoms with Crippen LogP contribution in [-0.2, 0) is 29.2 Å². The van der Waals surface area contributed by atoms with Gasteiger partial charge in [-0.05, 0) is 49.3 Å². The highest BCUT2D eigenvalue weighted by Gasteiger charge is 2.35. The average molecular weight is 675 g/mol. The van der Waals surface area contributed by atoms with Crippen molar-refractivity contribution in [3.63, 3.8) is 0 Å². The number of benzene rings is 2. The summed E-state index contributed by atoms with van der Waals surface area (Å²) in [7, 11) is -4.02. The minimum absolute atomic E-state index is 0.0666. The SMILES string of the molecule is CC(C)C[C@@H](C(=O)NN(CC(C)C)C(=O)CN1CCOCC1)[C@H](C/C=C/c1ccccc1)C(=O)NO.Cc1ccc(S(=O)(=O)O)cc1. The molecule has 3 amide bonds. The van der Waals surface area contributed by atoms with Crippen molar-refractivity contribution in [1.82, 2.24) is 20.8 Å². The lowest BCUT2D eigenvalue weighted by Gasteiger charge is -2.32. The van der Waals surface area contributed by atoms with Crippen molar-refractivity contribution in [2.75, 3.05) is 39.4 Å². The number of hydrogen-bond acceptors (Lipinski definition) is 8. The van der Waals surface area contributed by atoms with E-state index in [0.29, 0.717) is 39.3 Å². The topological polar surface area (TPSA) is 166 Å². The van der Waals surface area contributed by atoms with E-state index in [0.717, 1.165) is 11.1 Å². The van der Waals surface area contributed by atoms with Crippen LogP contribution in [0.2, 0.25) is 0 Å². The van der Waals surface area contributed by atoms with Gasteiger partial charge >= 0.3 is 0 Å². The van der Waals surface area contributed by atoms with E-state index in [2.05, 4.69) is 5.43 Å². The molecule has 1 saturated heterocycles. The van der Waals surface area contributed by atoms with E-state index in [1.54, 1.807) is 17.6 Å². The Balaban J connectivity index is 0.000000587. The first-order valence-electron chi connectivity index (χ1n) is 15.8. The zero-order valence-corrected chi connectivity index (χ0v) is 28.8. The molecule has 1 heterocycles. The van der Waals surface area contributed by atoms with Crippen LogP contribution in [0, 0.1) is 30.6 Å². The van der Waals surface area contributed by atoms with Crippen LogP contribution in [0.15, 0.2) is 65.6 Å². The van der Waals surface area contributed by atoms with Gasteiger partial charge in [0.2, 0.25) is 11.8 Å². The second-order valence-electron chi connectivity index (χ2n) is 12.4. The first kappa shape index (κ1) is 39.6. The molecule has 1 fully saturated rings. The molecule has 47 heavy (non-hydrogen) atoms. The maximum absolute atomic E-state index is 13.5. The molecule has 2 aromatic carbocycles. The number of hydroxylamine groups is 1. The number of allylic oxidation sites excluding steroid dienone is 1. The molecule has 0 unspecified atom stereocenters. The molecule has 4 N–H and O–H groups in total. The number of nitrogens with one attached hydrogen (secondary N) is 2. The normalized spacial score (nSPS) is 15.1. The number of amides is 3. The van der Waals surface area contributed by atoms with Crippen LogP contribution in [0.3, 0.4) is 0 Å². The summed E-state index contributed by atoms with van der Waals surface area (Å²) in [6, 6.07) is 15.6. The van der Waals surface area contributed by atoms with Gasteiger partial charge in [0, 0.05) is 19.6 Å². The molecule has 0 saturated carbocycles.